The Kier molecular flexibility index (Phi) is 7.18. The summed E-state index contributed by atoms with van der Waals surface area (Å²) >= 11 is 0. The second kappa shape index (κ2) is 9.84. The molecule has 0 aliphatic carbocycles. The number of fused-ring (bicyclic) bond motifs is 1. The average molecular weight is 452 g/mol. The van der Waals surface area contributed by atoms with Crippen LogP contribution in [0.4, 0.5) is 0 Å². The molecule has 0 fully saturated rings. The van der Waals surface area contributed by atoms with E-state index in [4.69, 9.17) is 13.9 Å². The smallest absolute Gasteiger partial charge is 0.341 e. The zero-order valence-corrected chi connectivity index (χ0v) is 18.0. The third kappa shape index (κ3) is 5.76. The number of benzene rings is 1. The quantitative estimate of drug-likeness (QED) is 0.576. The number of methoxy groups -OCH3 is 1. The van der Waals surface area contributed by atoms with Crippen molar-refractivity contribution in [3.63, 3.8) is 0 Å². The second-order valence-electron chi connectivity index (χ2n) is 6.76. The summed E-state index contributed by atoms with van der Waals surface area (Å²) < 4.78 is 48.5. The van der Waals surface area contributed by atoms with Gasteiger partial charge in [0.25, 0.3) is 0 Å². The van der Waals surface area contributed by atoms with Gasteiger partial charge < -0.3 is 23.9 Å². The molecule has 1 aromatic carbocycles. The molecule has 0 spiro atoms. The maximum atomic E-state index is 12.5. The summed E-state index contributed by atoms with van der Waals surface area (Å²) in [6.07, 6.45) is 0.638. The predicted octanol–water partition coefficient (Wildman–Crippen LogP) is 1.52. The van der Waals surface area contributed by atoms with Crippen molar-refractivity contribution in [3.8, 4) is 11.5 Å². The van der Waals surface area contributed by atoms with Crippen molar-refractivity contribution in [1.29, 1.82) is 0 Å². The molecule has 0 saturated heterocycles. The lowest BCUT2D eigenvalue weighted by molar-refractivity contribution is -0.121. The first-order valence-corrected chi connectivity index (χ1v) is 11.1. The number of ether oxygens (including phenoxy) is 3. The zero-order chi connectivity index (χ0) is 22.4. The van der Waals surface area contributed by atoms with Gasteiger partial charge in [-0.15, -0.1) is 0 Å². The minimum atomic E-state index is -3.82. The van der Waals surface area contributed by atoms with Gasteiger partial charge in [-0.05, 0) is 25.1 Å². The van der Waals surface area contributed by atoms with E-state index in [2.05, 4.69) is 14.8 Å². The van der Waals surface area contributed by atoms with Crippen molar-refractivity contribution in [1.82, 2.24) is 10.0 Å². The third-order valence-electron chi connectivity index (χ3n) is 4.51. The van der Waals surface area contributed by atoms with Gasteiger partial charge in [0, 0.05) is 25.5 Å². The highest BCUT2D eigenvalue weighted by Crippen LogP contribution is 2.31. The first kappa shape index (κ1) is 22.6. The summed E-state index contributed by atoms with van der Waals surface area (Å²) in [5, 5.41) is 2.61. The van der Waals surface area contributed by atoms with E-state index in [-0.39, 0.29) is 35.9 Å². The molecule has 0 radical (unpaired) electrons. The molecule has 1 aromatic heterocycles. The van der Waals surface area contributed by atoms with E-state index < -0.39 is 16.0 Å². The molecule has 0 bridgehead atoms. The van der Waals surface area contributed by atoms with Crippen molar-refractivity contribution in [3.05, 3.63) is 41.3 Å². The van der Waals surface area contributed by atoms with Crippen molar-refractivity contribution in [2.45, 2.75) is 31.2 Å². The molecule has 3 rings (SSSR count). The van der Waals surface area contributed by atoms with Crippen LogP contribution in [0.2, 0.25) is 0 Å². The molecule has 1 amide bonds. The Morgan fingerprint density at radius 1 is 1.13 bits per heavy atom. The maximum Gasteiger partial charge on any atom is 0.341 e. The molecule has 0 saturated carbocycles. The summed E-state index contributed by atoms with van der Waals surface area (Å²) in [5.41, 5.74) is 0.287. The summed E-state index contributed by atoms with van der Waals surface area (Å²) in [4.78, 5) is 23.6. The van der Waals surface area contributed by atoms with Gasteiger partial charge in [-0.2, -0.15) is 0 Å². The number of esters is 1. The van der Waals surface area contributed by atoms with Crippen LogP contribution in [0.15, 0.2) is 33.6 Å². The Labute approximate surface area is 179 Å². The monoisotopic (exact) mass is 452 g/mol. The van der Waals surface area contributed by atoms with Gasteiger partial charge in [-0.1, -0.05) is 0 Å². The van der Waals surface area contributed by atoms with Gasteiger partial charge in [0.2, 0.25) is 15.9 Å². The molecule has 2 heterocycles. The number of hydrogen-bond donors (Lipinski definition) is 2. The van der Waals surface area contributed by atoms with Crippen molar-refractivity contribution >= 4 is 21.9 Å². The van der Waals surface area contributed by atoms with Crippen LogP contribution in [-0.2, 0) is 26.1 Å². The lowest BCUT2D eigenvalue weighted by atomic mass is 10.2. The summed E-state index contributed by atoms with van der Waals surface area (Å²) in [6.45, 7) is 2.54. The van der Waals surface area contributed by atoms with E-state index in [0.717, 1.165) is 0 Å². The highest BCUT2D eigenvalue weighted by molar-refractivity contribution is 7.89. The Balaban J connectivity index is 1.50. The number of hydrogen-bond acceptors (Lipinski definition) is 8. The molecule has 1 aliphatic rings. The van der Waals surface area contributed by atoms with E-state index in [1.165, 1.54) is 25.3 Å². The molecule has 168 valence electrons. The largest absolute Gasteiger partial charge is 0.490 e. The van der Waals surface area contributed by atoms with E-state index in [9.17, 15) is 18.0 Å². The predicted molar refractivity (Wildman–Crippen MR) is 108 cm³/mol. The van der Waals surface area contributed by atoms with Crippen LogP contribution in [0.1, 0.15) is 34.7 Å². The lowest BCUT2D eigenvalue weighted by Crippen LogP contribution is -2.30. The number of sulfonamides is 1. The Morgan fingerprint density at radius 3 is 2.61 bits per heavy atom. The number of furan rings is 1. The van der Waals surface area contributed by atoms with E-state index in [1.54, 1.807) is 13.0 Å². The third-order valence-corrected chi connectivity index (χ3v) is 5.97. The van der Waals surface area contributed by atoms with Gasteiger partial charge in [-0.3, -0.25) is 4.79 Å². The highest BCUT2D eigenvalue weighted by atomic mass is 32.2. The van der Waals surface area contributed by atoms with Crippen LogP contribution in [0, 0.1) is 6.92 Å². The second-order valence-corrected chi connectivity index (χ2v) is 8.52. The van der Waals surface area contributed by atoms with Crippen LogP contribution in [0.25, 0.3) is 0 Å². The molecule has 0 atom stereocenters. The Bertz CT molecular complexity index is 1060. The first-order chi connectivity index (χ1) is 14.8. The van der Waals surface area contributed by atoms with Crippen LogP contribution in [-0.4, -0.2) is 47.2 Å². The van der Waals surface area contributed by atoms with Crippen LogP contribution >= 0.6 is 0 Å². The molecule has 0 unspecified atom stereocenters. The fraction of sp³-hybridized carbons (Fsp3) is 0.400. The van der Waals surface area contributed by atoms with Gasteiger partial charge in [0.05, 0.1) is 31.8 Å². The SMILES string of the molecule is COC(=O)c1cc(CNC(=O)CCNS(=O)(=O)c2ccc3c(c2)OCCCO3)oc1C. The topological polar surface area (TPSA) is 133 Å². The number of aryl methyl sites for hydroxylation is 1. The fourth-order valence-electron chi connectivity index (χ4n) is 2.91. The molecule has 11 heteroatoms. The molecule has 10 nitrogen and oxygen atoms in total. The van der Waals surface area contributed by atoms with Gasteiger partial charge >= 0.3 is 5.97 Å². The molecule has 2 N–H and O–H groups in total. The minimum Gasteiger partial charge on any atom is -0.490 e. The highest BCUT2D eigenvalue weighted by Gasteiger charge is 2.19. The van der Waals surface area contributed by atoms with E-state index >= 15 is 0 Å². The molecule has 1 aliphatic heterocycles. The Hall–Kier alpha value is -3.05. The average Bonchev–Trinajstić information content (AvgIpc) is 2.96. The van der Waals surface area contributed by atoms with Crippen LogP contribution in [0.3, 0.4) is 0 Å². The first-order valence-electron chi connectivity index (χ1n) is 9.64. The Morgan fingerprint density at radius 2 is 1.87 bits per heavy atom. The zero-order valence-electron chi connectivity index (χ0n) is 17.2. The molecular formula is C20H24N2O8S. The normalized spacial score (nSPS) is 13.4. The molecular weight excluding hydrogens is 428 g/mol. The summed E-state index contributed by atoms with van der Waals surface area (Å²) in [5.74, 6) is 0.744. The van der Waals surface area contributed by atoms with Gasteiger partial charge in [0.1, 0.15) is 17.1 Å². The number of carbonyl (C=O) groups is 2. The van der Waals surface area contributed by atoms with E-state index in [1.807, 2.05) is 0 Å². The molecule has 2 aromatic rings. The van der Waals surface area contributed by atoms with Gasteiger partial charge in [-0.25, -0.2) is 17.9 Å². The lowest BCUT2D eigenvalue weighted by Gasteiger charge is -2.11. The van der Waals surface area contributed by atoms with E-state index in [0.29, 0.717) is 42.7 Å². The van der Waals surface area contributed by atoms with Crippen molar-refractivity contribution < 1.29 is 36.6 Å². The number of carbonyl (C=O) groups excluding carboxylic acids is 2. The van der Waals surface area contributed by atoms with Crippen LogP contribution < -0.4 is 19.5 Å². The maximum absolute atomic E-state index is 12.5. The minimum absolute atomic E-state index is 0.0264. The molecule has 31 heavy (non-hydrogen) atoms. The fourth-order valence-corrected chi connectivity index (χ4v) is 3.96. The van der Waals surface area contributed by atoms with Gasteiger partial charge in [0.15, 0.2) is 11.5 Å². The van der Waals surface area contributed by atoms with Crippen LogP contribution in [0.5, 0.6) is 11.5 Å². The number of amides is 1. The summed E-state index contributed by atoms with van der Waals surface area (Å²) in [7, 11) is -2.55. The number of rotatable bonds is 8. The summed E-state index contributed by atoms with van der Waals surface area (Å²) in [6, 6.07) is 5.87. The van der Waals surface area contributed by atoms with Crippen molar-refractivity contribution in [2.24, 2.45) is 0 Å². The standard InChI is InChI=1S/C20H24N2O8S/c1-13-16(20(24)27-2)10-14(30-13)12-21-19(23)6-7-22-31(25,26)15-4-5-17-18(11-15)29-9-3-8-28-17/h4-5,10-11,22H,3,6-9,12H2,1-2H3,(H,21,23). The van der Waals surface area contributed by atoms with Crippen molar-refractivity contribution in [2.75, 3.05) is 26.9 Å². The number of nitrogens with one attached hydrogen (secondary N) is 2.